The first kappa shape index (κ1) is 10.5. The molecular weight excluding hydrogens is 181 g/mol. The molecule has 0 bridgehead atoms. The van der Waals surface area contributed by atoms with Gasteiger partial charge in [0.1, 0.15) is 0 Å². The molecule has 1 aromatic heterocycles. The zero-order valence-corrected chi connectivity index (χ0v) is 7.55. The first-order chi connectivity index (χ1) is 4.84. The summed E-state index contributed by atoms with van der Waals surface area (Å²) in [6, 6.07) is 5.81. The largest absolute Gasteiger partial charge is 0.251 e. The van der Waals surface area contributed by atoms with E-state index in [1.807, 2.05) is 35.2 Å². The first-order valence-electron chi connectivity index (χ1n) is 3.07. The maximum absolute atomic E-state index is 5.84. The molecule has 1 heterocycles. The molecule has 0 amide bonds. The van der Waals surface area contributed by atoms with Gasteiger partial charge in [-0.05, 0) is 17.7 Å². The minimum atomic E-state index is -0.138. The summed E-state index contributed by atoms with van der Waals surface area (Å²) in [5.74, 6) is 0. The van der Waals surface area contributed by atoms with Crippen molar-refractivity contribution in [2.45, 2.75) is 5.50 Å². The Hall–Kier alpha value is -0.530. The molecule has 0 aliphatic heterocycles. The van der Waals surface area contributed by atoms with E-state index in [2.05, 4.69) is 6.58 Å². The first-order valence-corrected chi connectivity index (χ1v) is 3.50. The fourth-order valence-electron chi connectivity index (χ4n) is 0.698. The second kappa shape index (κ2) is 5.16. The molecule has 0 fully saturated rings. The van der Waals surface area contributed by atoms with Crippen molar-refractivity contribution in [2.75, 3.05) is 0 Å². The average Bonchev–Trinajstić information content (AvgIpc) is 2.05. The lowest BCUT2D eigenvalue weighted by molar-refractivity contribution is -0.692. The van der Waals surface area contributed by atoms with Crippen LogP contribution in [0.4, 0.5) is 0 Å². The summed E-state index contributed by atoms with van der Waals surface area (Å²) in [7, 11) is 0. The standard InChI is InChI=1S/C8H9ClN.ClH/c1-2-8(9)10-6-4-3-5-7-10;/h2-8H,1H2;1H/q+1;. The van der Waals surface area contributed by atoms with E-state index in [1.165, 1.54) is 0 Å². The number of pyridine rings is 1. The Morgan fingerprint density at radius 1 is 1.27 bits per heavy atom. The summed E-state index contributed by atoms with van der Waals surface area (Å²) in [6.07, 6.45) is 5.49. The minimum absolute atomic E-state index is 0. The smallest absolute Gasteiger partial charge is 0.184 e. The molecule has 0 aromatic carbocycles. The molecule has 60 valence electrons. The number of nitrogens with zero attached hydrogens (tertiary/aromatic N) is 1. The van der Waals surface area contributed by atoms with Crippen molar-refractivity contribution in [3.8, 4) is 0 Å². The van der Waals surface area contributed by atoms with Crippen molar-refractivity contribution in [1.29, 1.82) is 0 Å². The van der Waals surface area contributed by atoms with Crippen LogP contribution < -0.4 is 4.57 Å². The van der Waals surface area contributed by atoms with Crippen LogP contribution in [0.2, 0.25) is 0 Å². The molecule has 0 radical (unpaired) electrons. The Morgan fingerprint density at radius 3 is 2.27 bits per heavy atom. The third-order valence-corrected chi connectivity index (χ3v) is 1.62. The summed E-state index contributed by atoms with van der Waals surface area (Å²) >= 11 is 5.84. The summed E-state index contributed by atoms with van der Waals surface area (Å²) in [6.45, 7) is 3.58. The second-order valence-corrected chi connectivity index (χ2v) is 2.38. The number of hydrogen-bond donors (Lipinski definition) is 0. The van der Waals surface area contributed by atoms with Crippen LogP contribution in [0.5, 0.6) is 0 Å². The molecule has 0 saturated heterocycles. The Kier molecular flexibility index (Phi) is 4.92. The van der Waals surface area contributed by atoms with Crippen molar-refractivity contribution in [3.05, 3.63) is 43.2 Å². The van der Waals surface area contributed by atoms with E-state index in [1.54, 1.807) is 6.08 Å². The number of aromatic nitrogens is 1. The van der Waals surface area contributed by atoms with E-state index >= 15 is 0 Å². The molecule has 1 unspecified atom stereocenters. The lowest BCUT2D eigenvalue weighted by Gasteiger charge is -1.95. The predicted octanol–water partition coefficient (Wildman–Crippen LogP) is 2.32. The van der Waals surface area contributed by atoms with Crippen LogP contribution in [0.25, 0.3) is 0 Å². The molecule has 1 rings (SSSR count). The summed E-state index contributed by atoms with van der Waals surface area (Å²) in [4.78, 5) is 0. The third kappa shape index (κ3) is 2.91. The second-order valence-electron chi connectivity index (χ2n) is 1.93. The number of allylic oxidation sites excluding steroid dienone is 1. The van der Waals surface area contributed by atoms with Crippen molar-refractivity contribution in [1.82, 2.24) is 0 Å². The topological polar surface area (TPSA) is 3.88 Å². The van der Waals surface area contributed by atoms with Gasteiger partial charge in [0.15, 0.2) is 12.4 Å². The lowest BCUT2D eigenvalue weighted by Crippen LogP contribution is -2.33. The van der Waals surface area contributed by atoms with Gasteiger partial charge < -0.3 is 0 Å². The molecule has 1 atom stereocenters. The highest BCUT2D eigenvalue weighted by Crippen LogP contribution is 2.01. The van der Waals surface area contributed by atoms with Crippen molar-refractivity contribution < 1.29 is 4.57 Å². The quantitative estimate of drug-likeness (QED) is 0.383. The summed E-state index contributed by atoms with van der Waals surface area (Å²) in [5, 5.41) is 0. The van der Waals surface area contributed by atoms with Crippen molar-refractivity contribution >= 4 is 24.0 Å². The fraction of sp³-hybridized carbons (Fsp3) is 0.125. The van der Waals surface area contributed by atoms with Gasteiger partial charge in [0, 0.05) is 12.1 Å². The lowest BCUT2D eigenvalue weighted by atomic mass is 10.5. The Morgan fingerprint density at radius 2 is 1.82 bits per heavy atom. The van der Waals surface area contributed by atoms with Gasteiger partial charge >= 0.3 is 0 Å². The Labute approximate surface area is 77.7 Å². The molecule has 0 spiro atoms. The zero-order valence-electron chi connectivity index (χ0n) is 5.98. The van der Waals surface area contributed by atoms with E-state index in [-0.39, 0.29) is 17.9 Å². The number of rotatable bonds is 2. The van der Waals surface area contributed by atoms with Gasteiger partial charge in [-0.15, -0.1) is 12.4 Å². The zero-order chi connectivity index (χ0) is 7.40. The average molecular weight is 191 g/mol. The van der Waals surface area contributed by atoms with E-state index in [4.69, 9.17) is 11.6 Å². The van der Waals surface area contributed by atoms with Gasteiger partial charge in [-0.2, -0.15) is 4.57 Å². The fourth-order valence-corrected chi connectivity index (χ4v) is 0.828. The van der Waals surface area contributed by atoms with Gasteiger partial charge in [0.2, 0.25) is 0 Å². The van der Waals surface area contributed by atoms with Crippen LogP contribution >= 0.6 is 24.0 Å². The van der Waals surface area contributed by atoms with Gasteiger partial charge in [-0.25, -0.2) is 0 Å². The Balaban J connectivity index is 0.000001000. The molecule has 0 aliphatic rings. The van der Waals surface area contributed by atoms with Crippen LogP contribution in [0.1, 0.15) is 5.50 Å². The molecule has 3 heteroatoms. The van der Waals surface area contributed by atoms with Crippen LogP contribution in [0, 0.1) is 0 Å². The van der Waals surface area contributed by atoms with Crippen LogP contribution in [0.3, 0.4) is 0 Å². The maximum atomic E-state index is 5.84. The van der Waals surface area contributed by atoms with Gasteiger partial charge in [-0.1, -0.05) is 12.6 Å². The van der Waals surface area contributed by atoms with Crippen molar-refractivity contribution in [2.24, 2.45) is 0 Å². The van der Waals surface area contributed by atoms with E-state index in [0.717, 1.165) is 0 Å². The molecule has 1 aromatic rings. The van der Waals surface area contributed by atoms with E-state index in [0.29, 0.717) is 0 Å². The molecule has 11 heavy (non-hydrogen) atoms. The van der Waals surface area contributed by atoms with Gasteiger partial charge in [0.25, 0.3) is 5.50 Å². The highest BCUT2D eigenvalue weighted by molar-refractivity contribution is 6.18. The van der Waals surface area contributed by atoms with Crippen molar-refractivity contribution in [3.63, 3.8) is 0 Å². The van der Waals surface area contributed by atoms with Gasteiger partial charge in [-0.3, -0.25) is 0 Å². The maximum Gasteiger partial charge on any atom is 0.251 e. The number of halogens is 2. The highest BCUT2D eigenvalue weighted by Gasteiger charge is 2.06. The summed E-state index contributed by atoms with van der Waals surface area (Å²) in [5.41, 5.74) is -0.138. The van der Waals surface area contributed by atoms with E-state index in [9.17, 15) is 0 Å². The summed E-state index contributed by atoms with van der Waals surface area (Å²) < 4.78 is 1.87. The predicted molar refractivity (Wildman–Crippen MR) is 49.0 cm³/mol. The minimum Gasteiger partial charge on any atom is -0.184 e. The molecule has 1 nitrogen and oxygen atoms in total. The van der Waals surface area contributed by atoms with E-state index < -0.39 is 0 Å². The normalized spacial score (nSPS) is 11.4. The number of alkyl halides is 1. The molecular formula is C8H10Cl2N+. The molecule has 0 aliphatic carbocycles. The van der Waals surface area contributed by atoms with Gasteiger partial charge in [0.05, 0.1) is 0 Å². The van der Waals surface area contributed by atoms with Crippen LogP contribution in [-0.2, 0) is 0 Å². The Bertz CT molecular complexity index is 211. The molecule has 0 saturated carbocycles. The van der Waals surface area contributed by atoms with Crippen LogP contribution in [-0.4, -0.2) is 0 Å². The third-order valence-electron chi connectivity index (χ3n) is 1.22. The highest BCUT2D eigenvalue weighted by atomic mass is 35.5. The van der Waals surface area contributed by atoms with Crippen LogP contribution in [0.15, 0.2) is 43.2 Å². The molecule has 0 N–H and O–H groups in total. The SMILES string of the molecule is C=CC(Cl)[n+]1ccccc1.Cl. The number of hydrogen-bond acceptors (Lipinski definition) is 0. The monoisotopic (exact) mass is 190 g/mol.